The topological polar surface area (TPSA) is 47.1 Å². The van der Waals surface area contributed by atoms with Gasteiger partial charge in [0.25, 0.3) is 0 Å². The first-order valence-electron chi connectivity index (χ1n) is 4.09. The minimum Gasteiger partial charge on any atom is -0.369 e. The molecule has 0 aliphatic carbocycles. The molecule has 4 heteroatoms. The van der Waals surface area contributed by atoms with E-state index >= 15 is 0 Å². The molecule has 0 radical (unpaired) electrons. The predicted molar refractivity (Wildman–Crippen MR) is 49.7 cm³/mol. The number of nitrogens with two attached hydrogens (primary N) is 1. The zero-order chi connectivity index (χ0) is 9.14. The fourth-order valence-electron chi connectivity index (χ4n) is 1.14. The Bertz CT molecular complexity index is 252. The molecule has 0 spiro atoms. The van der Waals surface area contributed by atoms with Gasteiger partial charge in [-0.1, -0.05) is 0 Å². The van der Waals surface area contributed by atoms with Crippen LogP contribution in [0.4, 0.5) is 5.95 Å². The number of aryl methyl sites for hydroxylation is 1. The molecule has 1 rings (SSSR count). The Morgan fingerprint density at radius 1 is 1.58 bits per heavy atom. The van der Waals surface area contributed by atoms with Gasteiger partial charge >= 0.3 is 0 Å². The lowest BCUT2D eigenvalue weighted by Gasteiger charge is -2.04. The van der Waals surface area contributed by atoms with Crippen LogP contribution >= 0.6 is 0 Å². The van der Waals surface area contributed by atoms with Crippen LogP contribution in [0.1, 0.15) is 12.6 Å². The summed E-state index contributed by atoms with van der Waals surface area (Å²) in [5.41, 5.74) is 6.69. The average Bonchev–Trinajstić information content (AvgIpc) is 2.29. The number of anilines is 1. The van der Waals surface area contributed by atoms with E-state index in [0.29, 0.717) is 5.95 Å². The second-order valence-electron chi connectivity index (χ2n) is 3.11. The van der Waals surface area contributed by atoms with Crippen molar-refractivity contribution in [2.75, 3.05) is 19.8 Å². The molecule has 0 amide bonds. The lowest BCUT2D eigenvalue weighted by Crippen LogP contribution is -2.10. The predicted octanol–water partition coefficient (Wildman–Crippen LogP) is 0.547. The molecule has 1 heterocycles. The molecule has 0 unspecified atom stereocenters. The van der Waals surface area contributed by atoms with Crippen molar-refractivity contribution in [2.24, 2.45) is 0 Å². The zero-order valence-corrected chi connectivity index (χ0v) is 7.91. The Morgan fingerprint density at radius 2 is 2.25 bits per heavy atom. The van der Waals surface area contributed by atoms with E-state index in [1.165, 1.54) is 0 Å². The number of nitrogens with zero attached hydrogens (tertiary/aromatic N) is 3. The first-order valence-corrected chi connectivity index (χ1v) is 4.09. The molecule has 2 N–H and O–H groups in total. The van der Waals surface area contributed by atoms with E-state index in [4.69, 9.17) is 5.73 Å². The molecule has 0 aliphatic heterocycles. The van der Waals surface area contributed by atoms with Crippen molar-refractivity contribution in [2.45, 2.75) is 20.0 Å². The van der Waals surface area contributed by atoms with E-state index in [1.54, 1.807) is 0 Å². The minimum absolute atomic E-state index is 0.606. The first kappa shape index (κ1) is 9.06. The fraction of sp³-hybridized carbons (Fsp3) is 0.625. The van der Waals surface area contributed by atoms with E-state index in [9.17, 15) is 0 Å². The molecule has 0 saturated carbocycles. The SMILES string of the molecule is CCn1cc(CN(C)C)nc1N. The number of rotatable bonds is 3. The summed E-state index contributed by atoms with van der Waals surface area (Å²) in [6.45, 7) is 3.78. The van der Waals surface area contributed by atoms with Crippen LogP contribution < -0.4 is 5.73 Å². The summed E-state index contributed by atoms with van der Waals surface area (Å²) in [5.74, 6) is 0.606. The second kappa shape index (κ2) is 3.58. The Labute approximate surface area is 73.0 Å². The smallest absolute Gasteiger partial charge is 0.200 e. The van der Waals surface area contributed by atoms with Gasteiger partial charge in [0.15, 0.2) is 5.95 Å². The third kappa shape index (κ3) is 1.98. The van der Waals surface area contributed by atoms with Crippen LogP contribution in [-0.4, -0.2) is 28.5 Å². The van der Waals surface area contributed by atoms with Gasteiger partial charge in [0.2, 0.25) is 0 Å². The highest BCUT2D eigenvalue weighted by atomic mass is 15.2. The van der Waals surface area contributed by atoms with E-state index in [2.05, 4.69) is 16.8 Å². The van der Waals surface area contributed by atoms with Crippen LogP contribution in [0.3, 0.4) is 0 Å². The van der Waals surface area contributed by atoms with Crippen molar-refractivity contribution in [1.29, 1.82) is 0 Å². The summed E-state index contributed by atoms with van der Waals surface area (Å²) >= 11 is 0. The zero-order valence-electron chi connectivity index (χ0n) is 7.91. The molecule has 0 saturated heterocycles. The molecule has 0 bridgehead atoms. The Hall–Kier alpha value is -1.03. The maximum Gasteiger partial charge on any atom is 0.200 e. The minimum atomic E-state index is 0.606. The van der Waals surface area contributed by atoms with E-state index in [0.717, 1.165) is 18.8 Å². The number of imidazole rings is 1. The lowest BCUT2D eigenvalue weighted by atomic mass is 10.4. The highest BCUT2D eigenvalue weighted by Crippen LogP contribution is 2.05. The third-order valence-corrected chi connectivity index (χ3v) is 1.68. The van der Waals surface area contributed by atoms with E-state index in [-0.39, 0.29) is 0 Å². The fourth-order valence-corrected chi connectivity index (χ4v) is 1.14. The van der Waals surface area contributed by atoms with Crippen molar-refractivity contribution in [3.8, 4) is 0 Å². The molecule has 0 aromatic carbocycles. The van der Waals surface area contributed by atoms with Gasteiger partial charge in [-0.05, 0) is 21.0 Å². The molecule has 1 aromatic heterocycles. The van der Waals surface area contributed by atoms with Gasteiger partial charge < -0.3 is 15.2 Å². The molecule has 4 nitrogen and oxygen atoms in total. The van der Waals surface area contributed by atoms with Gasteiger partial charge in [0.05, 0.1) is 5.69 Å². The van der Waals surface area contributed by atoms with Gasteiger partial charge in [0, 0.05) is 19.3 Å². The molecule has 68 valence electrons. The molecule has 0 atom stereocenters. The Kier molecular flexibility index (Phi) is 2.70. The molecule has 12 heavy (non-hydrogen) atoms. The van der Waals surface area contributed by atoms with Crippen molar-refractivity contribution in [3.05, 3.63) is 11.9 Å². The van der Waals surface area contributed by atoms with Crippen LogP contribution in [0.15, 0.2) is 6.20 Å². The monoisotopic (exact) mass is 168 g/mol. The molecular formula is C8H16N4. The summed E-state index contributed by atoms with van der Waals surface area (Å²) in [6, 6.07) is 0. The standard InChI is InChI=1S/C8H16N4/c1-4-12-6-7(5-11(2)3)10-8(12)9/h6H,4-5H2,1-3H3,(H2,9,10). The van der Waals surface area contributed by atoms with E-state index in [1.807, 2.05) is 24.9 Å². The van der Waals surface area contributed by atoms with Crippen LogP contribution in [0.5, 0.6) is 0 Å². The summed E-state index contributed by atoms with van der Waals surface area (Å²) in [5, 5.41) is 0. The van der Waals surface area contributed by atoms with Crippen molar-refractivity contribution < 1.29 is 0 Å². The normalized spacial score (nSPS) is 11.0. The van der Waals surface area contributed by atoms with Crippen molar-refractivity contribution in [3.63, 3.8) is 0 Å². The number of hydrogen-bond donors (Lipinski definition) is 1. The number of hydrogen-bond acceptors (Lipinski definition) is 3. The maximum absolute atomic E-state index is 5.66. The van der Waals surface area contributed by atoms with Gasteiger partial charge in [0.1, 0.15) is 0 Å². The first-order chi connectivity index (χ1) is 5.63. The highest BCUT2D eigenvalue weighted by molar-refractivity contribution is 5.21. The highest BCUT2D eigenvalue weighted by Gasteiger charge is 2.03. The van der Waals surface area contributed by atoms with Crippen LogP contribution in [0, 0.1) is 0 Å². The van der Waals surface area contributed by atoms with Crippen LogP contribution in [0.2, 0.25) is 0 Å². The van der Waals surface area contributed by atoms with Crippen molar-refractivity contribution >= 4 is 5.95 Å². The van der Waals surface area contributed by atoms with E-state index < -0.39 is 0 Å². The van der Waals surface area contributed by atoms with Gasteiger partial charge in [-0.25, -0.2) is 4.98 Å². The number of aromatic nitrogens is 2. The quantitative estimate of drug-likeness (QED) is 0.717. The summed E-state index contributed by atoms with van der Waals surface area (Å²) in [4.78, 5) is 6.29. The second-order valence-corrected chi connectivity index (χ2v) is 3.11. The third-order valence-electron chi connectivity index (χ3n) is 1.68. The number of nitrogen functional groups attached to an aromatic ring is 1. The molecule has 0 aliphatic rings. The van der Waals surface area contributed by atoms with Gasteiger partial charge in [-0.3, -0.25) is 0 Å². The molecule has 0 fully saturated rings. The summed E-state index contributed by atoms with van der Waals surface area (Å²) < 4.78 is 1.94. The van der Waals surface area contributed by atoms with Gasteiger partial charge in [-0.15, -0.1) is 0 Å². The van der Waals surface area contributed by atoms with Crippen molar-refractivity contribution in [1.82, 2.24) is 14.5 Å². The van der Waals surface area contributed by atoms with Crippen LogP contribution in [0.25, 0.3) is 0 Å². The molecule has 1 aromatic rings. The average molecular weight is 168 g/mol. The largest absolute Gasteiger partial charge is 0.369 e. The summed E-state index contributed by atoms with van der Waals surface area (Å²) in [6.07, 6.45) is 2.00. The van der Waals surface area contributed by atoms with Crippen LogP contribution in [-0.2, 0) is 13.1 Å². The summed E-state index contributed by atoms with van der Waals surface area (Å²) in [7, 11) is 4.03. The Morgan fingerprint density at radius 3 is 2.67 bits per heavy atom. The Balaban J connectivity index is 2.75. The maximum atomic E-state index is 5.66. The van der Waals surface area contributed by atoms with Gasteiger partial charge in [-0.2, -0.15) is 0 Å². The lowest BCUT2D eigenvalue weighted by molar-refractivity contribution is 0.397. The molecular weight excluding hydrogens is 152 g/mol.